The molecule has 128 valence electrons. The van der Waals surface area contributed by atoms with E-state index in [0.717, 1.165) is 0 Å². The highest BCUT2D eigenvalue weighted by Crippen LogP contribution is 2.47. The summed E-state index contributed by atoms with van der Waals surface area (Å²) in [6.45, 7) is 3.70. The zero-order valence-electron chi connectivity index (χ0n) is 13.3. The summed E-state index contributed by atoms with van der Waals surface area (Å²) in [5, 5.41) is 13.2. The lowest BCUT2D eigenvalue weighted by Gasteiger charge is -2.15. The molecule has 9 heteroatoms. The molecule has 1 aromatic rings. The van der Waals surface area contributed by atoms with Gasteiger partial charge in [0.25, 0.3) is 5.91 Å². The molecule has 0 spiro atoms. The SMILES string of the molecule is CCOP(=O)(CC(=O)N/N=C\c1ccc(O)c(OC)c1)OCC. The highest BCUT2D eigenvalue weighted by atomic mass is 31.2. The minimum Gasteiger partial charge on any atom is -0.504 e. The Hall–Kier alpha value is -1.89. The van der Waals surface area contributed by atoms with Crippen molar-refractivity contribution in [2.24, 2.45) is 5.10 Å². The standard InChI is InChI=1S/C14H21N2O6P/c1-4-21-23(19,22-5-2)10-14(18)16-15-9-11-6-7-12(17)13(8-11)20-3/h6-9,17H,4-5,10H2,1-3H3,(H,16,18)/b15-9-. The van der Waals surface area contributed by atoms with Gasteiger partial charge in [-0.25, -0.2) is 5.43 Å². The van der Waals surface area contributed by atoms with Gasteiger partial charge in [-0.1, -0.05) is 0 Å². The van der Waals surface area contributed by atoms with Crippen molar-refractivity contribution in [1.82, 2.24) is 5.43 Å². The molecule has 1 aromatic carbocycles. The molecule has 0 fully saturated rings. The fourth-order valence-electron chi connectivity index (χ4n) is 1.69. The summed E-state index contributed by atoms with van der Waals surface area (Å²) in [5.41, 5.74) is 2.86. The van der Waals surface area contributed by atoms with E-state index < -0.39 is 19.7 Å². The number of ether oxygens (including phenoxy) is 1. The highest BCUT2D eigenvalue weighted by Gasteiger charge is 2.27. The smallest absolute Gasteiger partial charge is 0.340 e. The van der Waals surface area contributed by atoms with Crippen LogP contribution in [0.3, 0.4) is 0 Å². The number of hydrogen-bond donors (Lipinski definition) is 2. The molecule has 0 bridgehead atoms. The third-order valence-electron chi connectivity index (χ3n) is 2.60. The topological polar surface area (TPSA) is 106 Å². The number of phenols is 1. The van der Waals surface area contributed by atoms with Crippen LogP contribution in [0.2, 0.25) is 0 Å². The first-order valence-electron chi connectivity index (χ1n) is 7.01. The maximum Gasteiger partial charge on any atom is 0.340 e. The first-order chi connectivity index (χ1) is 10.9. The number of nitrogens with zero attached hydrogens (tertiary/aromatic N) is 1. The zero-order chi connectivity index (χ0) is 17.3. The Morgan fingerprint density at radius 1 is 1.35 bits per heavy atom. The summed E-state index contributed by atoms with van der Waals surface area (Å²) in [5.74, 6) is -0.294. The van der Waals surface area contributed by atoms with E-state index in [1.54, 1.807) is 26.0 Å². The minimum atomic E-state index is -3.45. The number of hydrogen-bond acceptors (Lipinski definition) is 7. The number of hydrazone groups is 1. The maximum absolute atomic E-state index is 12.2. The Kier molecular flexibility index (Phi) is 7.74. The summed E-state index contributed by atoms with van der Waals surface area (Å²) >= 11 is 0. The normalized spacial score (nSPS) is 11.6. The second kappa shape index (κ2) is 9.29. The highest BCUT2D eigenvalue weighted by molar-refractivity contribution is 7.54. The van der Waals surface area contributed by atoms with Gasteiger partial charge in [0.15, 0.2) is 11.5 Å². The lowest BCUT2D eigenvalue weighted by molar-refractivity contribution is -0.118. The van der Waals surface area contributed by atoms with Gasteiger partial charge in [-0.05, 0) is 37.6 Å². The number of methoxy groups -OCH3 is 1. The zero-order valence-corrected chi connectivity index (χ0v) is 14.2. The maximum atomic E-state index is 12.2. The van der Waals surface area contributed by atoms with E-state index in [1.807, 2.05) is 0 Å². The molecule has 23 heavy (non-hydrogen) atoms. The fourth-order valence-corrected chi connectivity index (χ4v) is 3.15. The van der Waals surface area contributed by atoms with E-state index in [4.69, 9.17) is 13.8 Å². The van der Waals surface area contributed by atoms with Gasteiger partial charge in [-0.2, -0.15) is 5.10 Å². The van der Waals surface area contributed by atoms with Crippen LogP contribution in [0.4, 0.5) is 0 Å². The van der Waals surface area contributed by atoms with Crippen LogP contribution in [-0.2, 0) is 18.4 Å². The van der Waals surface area contributed by atoms with E-state index >= 15 is 0 Å². The second-order valence-electron chi connectivity index (χ2n) is 4.33. The van der Waals surface area contributed by atoms with Crippen molar-refractivity contribution in [1.29, 1.82) is 0 Å². The number of aromatic hydroxyl groups is 1. The second-order valence-corrected chi connectivity index (χ2v) is 6.38. The summed E-state index contributed by atoms with van der Waals surface area (Å²) in [4.78, 5) is 11.8. The van der Waals surface area contributed by atoms with Crippen molar-refractivity contribution in [3.05, 3.63) is 23.8 Å². The molecule has 0 aliphatic rings. The molecule has 0 atom stereocenters. The van der Waals surface area contributed by atoms with Crippen LogP contribution < -0.4 is 10.2 Å². The first kappa shape index (κ1) is 19.2. The van der Waals surface area contributed by atoms with Crippen LogP contribution in [0.5, 0.6) is 11.5 Å². The summed E-state index contributed by atoms with van der Waals surface area (Å²) < 4.78 is 27.2. The monoisotopic (exact) mass is 344 g/mol. The van der Waals surface area contributed by atoms with Gasteiger partial charge in [-0.3, -0.25) is 9.36 Å². The molecule has 1 amide bonds. The lowest BCUT2D eigenvalue weighted by Crippen LogP contribution is -2.22. The molecule has 0 saturated carbocycles. The lowest BCUT2D eigenvalue weighted by atomic mass is 10.2. The largest absolute Gasteiger partial charge is 0.504 e. The van der Waals surface area contributed by atoms with Crippen molar-refractivity contribution >= 4 is 19.7 Å². The number of carbonyl (C=O) groups is 1. The van der Waals surface area contributed by atoms with Crippen molar-refractivity contribution < 1.29 is 28.3 Å². The molecule has 8 nitrogen and oxygen atoms in total. The number of nitrogens with one attached hydrogen (secondary N) is 1. The number of rotatable bonds is 9. The Morgan fingerprint density at radius 3 is 2.57 bits per heavy atom. The molecule has 2 N–H and O–H groups in total. The van der Waals surface area contributed by atoms with Crippen molar-refractivity contribution in [2.45, 2.75) is 13.8 Å². The van der Waals surface area contributed by atoms with Gasteiger partial charge in [0.1, 0.15) is 6.16 Å². The van der Waals surface area contributed by atoms with Crippen LogP contribution in [0.1, 0.15) is 19.4 Å². The summed E-state index contributed by atoms with van der Waals surface area (Å²) in [7, 11) is -2.02. The van der Waals surface area contributed by atoms with Gasteiger partial charge in [-0.15, -0.1) is 0 Å². The molecule has 0 aromatic heterocycles. The molecule has 0 heterocycles. The van der Waals surface area contributed by atoms with E-state index in [1.165, 1.54) is 19.4 Å². The van der Waals surface area contributed by atoms with E-state index in [2.05, 4.69) is 10.5 Å². The van der Waals surface area contributed by atoms with Gasteiger partial charge >= 0.3 is 7.60 Å². The third-order valence-corrected chi connectivity index (χ3v) is 4.57. The van der Waals surface area contributed by atoms with Crippen molar-refractivity contribution in [3.63, 3.8) is 0 Å². The Bertz CT molecular complexity index is 595. The molecule has 0 radical (unpaired) electrons. The van der Waals surface area contributed by atoms with Crippen LogP contribution in [0.25, 0.3) is 0 Å². The first-order valence-corrected chi connectivity index (χ1v) is 8.74. The minimum absolute atomic E-state index is 0.00283. The quantitative estimate of drug-likeness (QED) is 0.404. The van der Waals surface area contributed by atoms with Crippen LogP contribution in [-0.4, -0.2) is 43.7 Å². The summed E-state index contributed by atoms with van der Waals surface area (Å²) in [6, 6.07) is 4.59. The predicted octanol–water partition coefficient (Wildman–Crippen LogP) is 2.12. The van der Waals surface area contributed by atoms with E-state index in [-0.39, 0.29) is 24.7 Å². The number of phenolic OH excluding ortho intramolecular Hbond substituents is 1. The average Bonchev–Trinajstić information content (AvgIpc) is 2.49. The van der Waals surface area contributed by atoms with Crippen LogP contribution in [0.15, 0.2) is 23.3 Å². The van der Waals surface area contributed by atoms with E-state index in [0.29, 0.717) is 5.56 Å². The average molecular weight is 344 g/mol. The number of carbonyl (C=O) groups excluding carboxylic acids is 1. The molecule has 0 saturated heterocycles. The Balaban J connectivity index is 2.63. The molecule has 0 unspecified atom stereocenters. The van der Waals surface area contributed by atoms with Gasteiger partial charge < -0.3 is 18.9 Å². The number of amides is 1. The number of benzene rings is 1. The van der Waals surface area contributed by atoms with Gasteiger partial charge in [0, 0.05) is 0 Å². The molecule has 0 aliphatic carbocycles. The molecule has 1 rings (SSSR count). The van der Waals surface area contributed by atoms with Crippen LogP contribution in [0, 0.1) is 0 Å². The fraction of sp³-hybridized carbons (Fsp3) is 0.429. The Labute approximate surface area is 135 Å². The van der Waals surface area contributed by atoms with Crippen molar-refractivity contribution in [3.8, 4) is 11.5 Å². The predicted molar refractivity (Wildman–Crippen MR) is 86.1 cm³/mol. The van der Waals surface area contributed by atoms with E-state index in [9.17, 15) is 14.5 Å². The van der Waals surface area contributed by atoms with Gasteiger partial charge in [0.2, 0.25) is 0 Å². The van der Waals surface area contributed by atoms with Gasteiger partial charge in [0.05, 0.1) is 26.5 Å². The summed E-state index contributed by atoms with van der Waals surface area (Å²) in [6.07, 6.45) is 0.955. The Morgan fingerprint density at radius 2 is 2.00 bits per heavy atom. The third kappa shape index (κ3) is 6.40. The molecule has 0 aliphatic heterocycles. The van der Waals surface area contributed by atoms with Crippen LogP contribution >= 0.6 is 7.60 Å². The molecular weight excluding hydrogens is 323 g/mol. The van der Waals surface area contributed by atoms with Crippen molar-refractivity contribution in [2.75, 3.05) is 26.5 Å². The molecular formula is C14H21N2O6P.